The summed E-state index contributed by atoms with van der Waals surface area (Å²) in [6.45, 7) is 0.652. The molecule has 18 heavy (non-hydrogen) atoms. The second-order valence-corrected chi connectivity index (χ2v) is 5.46. The van der Waals surface area contributed by atoms with Gasteiger partial charge in [0.1, 0.15) is 5.82 Å². The van der Waals surface area contributed by atoms with E-state index in [1.807, 2.05) is 0 Å². The highest BCUT2D eigenvalue weighted by Crippen LogP contribution is 2.26. The standard InChI is InChI=1S/C14H17ClFNO/c15-12-6-4-10(5-7-12)9-17-14(18)11-2-1-3-13(16)8-11/h1-3,8,10,12H,4-7,9H2,(H,17,18). The summed E-state index contributed by atoms with van der Waals surface area (Å²) in [5, 5.41) is 3.15. The van der Waals surface area contributed by atoms with Crippen LogP contribution in [0.3, 0.4) is 0 Å². The van der Waals surface area contributed by atoms with E-state index in [1.165, 1.54) is 12.1 Å². The number of halogens is 2. The van der Waals surface area contributed by atoms with E-state index >= 15 is 0 Å². The summed E-state index contributed by atoms with van der Waals surface area (Å²) in [6.07, 6.45) is 4.14. The molecule has 1 aromatic carbocycles. The maximum atomic E-state index is 13.0. The van der Waals surface area contributed by atoms with Gasteiger partial charge in [-0.1, -0.05) is 6.07 Å². The van der Waals surface area contributed by atoms with E-state index in [9.17, 15) is 9.18 Å². The Morgan fingerprint density at radius 3 is 2.72 bits per heavy atom. The molecular weight excluding hydrogens is 253 g/mol. The van der Waals surface area contributed by atoms with Gasteiger partial charge in [0.25, 0.3) is 5.91 Å². The van der Waals surface area contributed by atoms with Crippen molar-refractivity contribution in [3.63, 3.8) is 0 Å². The molecule has 0 saturated heterocycles. The summed E-state index contributed by atoms with van der Waals surface area (Å²) in [4.78, 5) is 11.8. The Bertz CT molecular complexity index is 416. The van der Waals surface area contributed by atoms with Crippen LogP contribution >= 0.6 is 11.6 Å². The predicted molar refractivity (Wildman–Crippen MR) is 70.3 cm³/mol. The Hall–Kier alpha value is -1.09. The molecule has 4 heteroatoms. The van der Waals surface area contributed by atoms with E-state index < -0.39 is 0 Å². The Morgan fingerprint density at radius 2 is 2.06 bits per heavy atom. The fraction of sp³-hybridized carbons (Fsp3) is 0.500. The van der Waals surface area contributed by atoms with Crippen LogP contribution in [0.2, 0.25) is 0 Å². The lowest BCUT2D eigenvalue weighted by Crippen LogP contribution is -2.31. The van der Waals surface area contributed by atoms with E-state index in [1.54, 1.807) is 12.1 Å². The Labute approximate surface area is 112 Å². The number of hydrogen-bond acceptors (Lipinski definition) is 1. The van der Waals surface area contributed by atoms with Crippen LogP contribution < -0.4 is 5.32 Å². The van der Waals surface area contributed by atoms with E-state index in [0.29, 0.717) is 23.4 Å². The molecule has 2 rings (SSSR count). The SMILES string of the molecule is O=C(NCC1CCC(Cl)CC1)c1cccc(F)c1. The van der Waals surface area contributed by atoms with Crippen LogP contribution in [0.15, 0.2) is 24.3 Å². The Morgan fingerprint density at radius 1 is 1.33 bits per heavy atom. The van der Waals surface area contributed by atoms with Crippen LogP contribution in [0.5, 0.6) is 0 Å². The van der Waals surface area contributed by atoms with Gasteiger partial charge in [-0.3, -0.25) is 4.79 Å². The van der Waals surface area contributed by atoms with Crippen LogP contribution in [-0.4, -0.2) is 17.8 Å². The Balaban J connectivity index is 1.81. The molecule has 0 unspecified atom stereocenters. The van der Waals surface area contributed by atoms with Crippen molar-refractivity contribution < 1.29 is 9.18 Å². The first-order chi connectivity index (χ1) is 8.65. The summed E-state index contributed by atoms with van der Waals surface area (Å²) in [6, 6.07) is 5.75. The van der Waals surface area contributed by atoms with Gasteiger partial charge in [-0.2, -0.15) is 0 Å². The van der Waals surface area contributed by atoms with E-state index in [-0.39, 0.29) is 11.7 Å². The zero-order valence-corrected chi connectivity index (χ0v) is 10.9. The molecular formula is C14H17ClFNO. The summed E-state index contributed by atoms with van der Waals surface area (Å²) < 4.78 is 13.0. The molecule has 1 aromatic rings. The molecule has 0 aliphatic heterocycles. The maximum Gasteiger partial charge on any atom is 0.251 e. The zero-order valence-electron chi connectivity index (χ0n) is 10.2. The Kier molecular flexibility index (Phi) is 4.59. The number of alkyl halides is 1. The zero-order chi connectivity index (χ0) is 13.0. The van der Waals surface area contributed by atoms with Gasteiger partial charge in [0, 0.05) is 17.5 Å². The fourth-order valence-electron chi connectivity index (χ4n) is 2.29. The van der Waals surface area contributed by atoms with Crippen LogP contribution in [0.4, 0.5) is 4.39 Å². The van der Waals surface area contributed by atoms with Crippen molar-refractivity contribution in [1.29, 1.82) is 0 Å². The van der Waals surface area contributed by atoms with Crippen molar-refractivity contribution in [2.45, 2.75) is 31.1 Å². The molecule has 1 fully saturated rings. The van der Waals surface area contributed by atoms with Gasteiger partial charge < -0.3 is 5.32 Å². The van der Waals surface area contributed by atoms with Gasteiger partial charge in [0.05, 0.1) is 0 Å². The second kappa shape index (κ2) is 6.19. The number of amides is 1. The minimum atomic E-state index is -0.384. The molecule has 0 spiro atoms. The van der Waals surface area contributed by atoms with Crippen LogP contribution in [0.25, 0.3) is 0 Å². The lowest BCUT2D eigenvalue weighted by Gasteiger charge is -2.25. The summed E-state index contributed by atoms with van der Waals surface area (Å²) in [7, 11) is 0. The lowest BCUT2D eigenvalue weighted by molar-refractivity contribution is 0.0943. The normalized spacial score (nSPS) is 23.7. The molecule has 0 radical (unpaired) electrons. The third kappa shape index (κ3) is 3.70. The fourth-order valence-corrected chi connectivity index (χ4v) is 2.55. The smallest absolute Gasteiger partial charge is 0.251 e. The van der Waals surface area contributed by atoms with Gasteiger partial charge in [0.2, 0.25) is 0 Å². The molecule has 1 aliphatic carbocycles. The molecule has 1 saturated carbocycles. The van der Waals surface area contributed by atoms with Gasteiger partial charge in [-0.05, 0) is 49.8 Å². The number of carbonyl (C=O) groups excluding carboxylic acids is 1. The quantitative estimate of drug-likeness (QED) is 0.838. The van der Waals surface area contributed by atoms with E-state index in [2.05, 4.69) is 5.32 Å². The summed E-state index contributed by atoms with van der Waals surface area (Å²) in [5.41, 5.74) is 0.376. The minimum Gasteiger partial charge on any atom is -0.352 e. The maximum absolute atomic E-state index is 13.0. The first kappa shape index (κ1) is 13.3. The number of rotatable bonds is 3. The van der Waals surface area contributed by atoms with Gasteiger partial charge in [-0.15, -0.1) is 11.6 Å². The van der Waals surface area contributed by atoms with Crippen LogP contribution in [0, 0.1) is 11.7 Å². The van der Waals surface area contributed by atoms with Crippen molar-refractivity contribution in [3.8, 4) is 0 Å². The van der Waals surface area contributed by atoms with Gasteiger partial charge in [0.15, 0.2) is 0 Å². The molecule has 0 aromatic heterocycles. The van der Waals surface area contributed by atoms with Crippen molar-refractivity contribution in [2.75, 3.05) is 6.54 Å². The molecule has 0 atom stereocenters. The highest BCUT2D eigenvalue weighted by molar-refractivity contribution is 6.20. The predicted octanol–water partition coefficient (Wildman–Crippen LogP) is 3.35. The first-order valence-electron chi connectivity index (χ1n) is 6.33. The second-order valence-electron chi connectivity index (χ2n) is 4.84. The molecule has 0 bridgehead atoms. The molecule has 2 nitrogen and oxygen atoms in total. The molecule has 1 N–H and O–H groups in total. The lowest BCUT2D eigenvalue weighted by atomic mass is 9.89. The average Bonchev–Trinajstić information content (AvgIpc) is 2.38. The summed E-state index contributed by atoms with van der Waals surface area (Å²) in [5.74, 6) is -0.0923. The third-order valence-electron chi connectivity index (χ3n) is 3.41. The highest BCUT2D eigenvalue weighted by atomic mass is 35.5. The van der Waals surface area contributed by atoms with Gasteiger partial charge in [-0.25, -0.2) is 4.39 Å². The van der Waals surface area contributed by atoms with Crippen molar-refractivity contribution in [3.05, 3.63) is 35.6 Å². The number of nitrogens with one attached hydrogen (secondary N) is 1. The minimum absolute atomic E-state index is 0.206. The topological polar surface area (TPSA) is 29.1 Å². The van der Waals surface area contributed by atoms with E-state index in [4.69, 9.17) is 11.6 Å². The number of carbonyl (C=O) groups is 1. The van der Waals surface area contributed by atoms with Crippen molar-refractivity contribution in [2.24, 2.45) is 5.92 Å². The molecule has 98 valence electrons. The summed E-state index contributed by atoms with van der Waals surface area (Å²) >= 11 is 6.03. The van der Waals surface area contributed by atoms with Gasteiger partial charge >= 0.3 is 0 Å². The first-order valence-corrected chi connectivity index (χ1v) is 6.76. The monoisotopic (exact) mass is 269 g/mol. The van der Waals surface area contributed by atoms with Crippen molar-refractivity contribution >= 4 is 17.5 Å². The largest absolute Gasteiger partial charge is 0.352 e. The number of hydrogen-bond donors (Lipinski definition) is 1. The van der Waals surface area contributed by atoms with Crippen LogP contribution in [0.1, 0.15) is 36.0 Å². The third-order valence-corrected chi connectivity index (χ3v) is 3.85. The molecule has 1 amide bonds. The highest BCUT2D eigenvalue weighted by Gasteiger charge is 2.20. The molecule has 1 aliphatic rings. The average molecular weight is 270 g/mol. The van der Waals surface area contributed by atoms with Crippen LogP contribution in [-0.2, 0) is 0 Å². The van der Waals surface area contributed by atoms with E-state index in [0.717, 1.165) is 25.7 Å². The number of benzene rings is 1. The molecule has 0 heterocycles. The van der Waals surface area contributed by atoms with Crippen molar-refractivity contribution in [1.82, 2.24) is 5.32 Å².